The molecule has 146 valence electrons. The van der Waals surface area contributed by atoms with Crippen LogP contribution in [0, 0.1) is 0 Å². The van der Waals surface area contributed by atoms with Gasteiger partial charge >= 0.3 is 5.97 Å². The maximum absolute atomic E-state index is 12.5. The number of carbonyl (C=O) groups is 1. The van der Waals surface area contributed by atoms with Gasteiger partial charge in [0.15, 0.2) is 5.76 Å². The van der Waals surface area contributed by atoms with E-state index in [0.29, 0.717) is 17.7 Å². The largest absolute Gasteiger partial charge is 0.459 e. The second-order valence-corrected chi connectivity index (χ2v) is 6.09. The fourth-order valence-corrected chi connectivity index (χ4v) is 2.50. The Morgan fingerprint density at radius 2 is 1.82 bits per heavy atom. The molecule has 0 saturated heterocycles. The molecule has 0 aliphatic rings. The minimum atomic E-state index is -1.02. The Morgan fingerprint density at radius 3 is 2.54 bits per heavy atom. The zero-order chi connectivity index (χ0) is 20.4. The number of allylic oxidation sites excluding steroid dienone is 1. The van der Waals surface area contributed by atoms with E-state index in [9.17, 15) is 9.90 Å². The van der Waals surface area contributed by atoms with Crippen molar-refractivity contribution in [1.82, 2.24) is 0 Å². The molecule has 2 aromatic rings. The predicted octanol–water partition coefficient (Wildman–Crippen LogP) is 4.08. The molecule has 1 unspecified atom stereocenters. The molecule has 0 aromatic heterocycles. The summed E-state index contributed by atoms with van der Waals surface area (Å²) in [6.45, 7) is 8.47. The van der Waals surface area contributed by atoms with Crippen LogP contribution in [0.1, 0.15) is 34.0 Å². The first-order valence-electron chi connectivity index (χ1n) is 8.84. The molecule has 5 nitrogen and oxygen atoms in total. The van der Waals surface area contributed by atoms with E-state index in [1.54, 1.807) is 25.1 Å². The number of hydrogen-bond acceptors (Lipinski definition) is 5. The van der Waals surface area contributed by atoms with Gasteiger partial charge < -0.3 is 14.7 Å². The van der Waals surface area contributed by atoms with Gasteiger partial charge in [-0.1, -0.05) is 67.4 Å². The van der Waals surface area contributed by atoms with Gasteiger partial charge in [0.2, 0.25) is 0 Å². The lowest BCUT2D eigenvalue weighted by molar-refractivity contribution is -0.275. The topological polar surface area (TPSA) is 65.0 Å². The SMILES string of the molecule is C=C=C(C)OOCC(O)COC(=O)c1ccccc1Cc1ccccc1C=C. The van der Waals surface area contributed by atoms with Crippen molar-refractivity contribution in [2.75, 3.05) is 13.2 Å². The fourth-order valence-electron chi connectivity index (χ4n) is 2.50. The third-order valence-electron chi connectivity index (χ3n) is 3.99. The molecular formula is C23H24O5. The highest BCUT2D eigenvalue weighted by molar-refractivity contribution is 5.91. The van der Waals surface area contributed by atoms with Crippen LogP contribution < -0.4 is 0 Å². The van der Waals surface area contributed by atoms with Crippen LogP contribution in [0.2, 0.25) is 0 Å². The summed E-state index contributed by atoms with van der Waals surface area (Å²) in [6.07, 6.45) is 1.34. The number of aliphatic hydroxyl groups excluding tert-OH is 1. The van der Waals surface area contributed by atoms with E-state index < -0.39 is 12.1 Å². The molecule has 0 bridgehead atoms. The van der Waals surface area contributed by atoms with Crippen LogP contribution in [0.5, 0.6) is 0 Å². The van der Waals surface area contributed by atoms with Crippen LogP contribution in [-0.4, -0.2) is 30.4 Å². The molecule has 5 heteroatoms. The van der Waals surface area contributed by atoms with E-state index in [-0.39, 0.29) is 13.2 Å². The van der Waals surface area contributed by atoms with Crippen molar-refractivity contribution >= 4 is 12.0 Å². The van der Waals surface area contributed by atoms with E-state index >= 15 is 0 Å². The average Bonchev–Trinajstić information content (AvgIpc) is 2.72. The van der Waals surface area contributed by atoms with Gasteiger partial charge in [0.1, 0.15) is 19.3 Å². The molecule has 1 N–H and O–H groups in total. The van der Waals surface area contributed by atoms with Crippen LogP contribution in [0.15, 0.2) is 73.2 Å². The third kappa shape index (κ3) is 6.25. The summed E-state index contributed by atoms with van der Waals surface area (Å²) < 4.78 is 5.23. The van der Waals surface area contributed by atoms with Crippen molar-refractivity contribution in [1.29, 1.82) is 0 Å². The smallest absolute Gasteiger partial charge is 0.338 e. The molecule has 0 amide bonds. The minimum Gasteiger partial charge on any atom is -0.459 e. The quantitative estimate of drug-likeness (QED) is 0.221. The van der Waals surface area contributed by atoms with Crippen molar-refractivity contribution in [3.63, 3.8) is 0 Å². The normalized spacial score (nSPS) is 11.2. The first-order valence-corrected chi connectivity index (χ1v) is 8.84. The zero-order valence-electron chi connectivity index (χ0n) is 15.9. The monoisotopic (exact) mass is 380 g/mol. The van der Waals surface area contributed by atoms with Crippen LogP contribution in [0.3, 0.4) is 0 Å². The van der Waals surface area contributed by atoms with E-state index in [0.717, 1.165) is 16.7 Å². The van der Waals surface area contributed by atoms with Gasteiger partial charge in [-0.2, -0.15) is 4.89 Å². The Bertz CT molecular complexity index is 865. The first kappa shape index (κ1) is 21.2. The maximum atomic E-state index is 12.5. The van der Waals surface area contributed by atoms with E-state index in [1.165, 1.54) is 0 Å². The lowest BCUT2D eigenvalue weighted by Crippen LogP contribution is -2.24. The van der Waals surface area contributed by atoms with Gasteiger partial charge in [0, 0.05) is 6.92 Å². The molecule has 2 aromatic carbocycles. The van der Waals surface area contributed by atoms with Gasteiger partial charge in [0.25, 0.3) is 0 Å². The van der Waals surface area contributed by atoms with Crippen molar-refractivity contribution in [2.45, 2.75) is 19.4 Å². The molecule has 2 rings (SSSR count). The first-order chi connectivity index (χ1) is 13.5. The van der Waals surface area contributed by atoms with Gasteiger partial charge in [-0.15, -0.1) is 0 Å². The number of ether oxygens (including phenoxy) is 1. The standard InChI is InChI=1S/C23H24O5/c1-4-17(3)28-27-16-21(24)15-26-23(25)22-13-9-8-12-20(22)14-19-11-7-6-10-18(19)5-2/h5-13,21,24H,1-2,14-16H2,3H3. The molecular weight excluding hydrogens is 356 g/mol. The van der Waals surface area contributed by atoms with Crippen molar-refractivity contribution in [3.05, 3.63) is 95.4 Å². The summed E-state index contributed by atoms with van der Waals surface area (Å²) in [7, 11) is 0. The third-order valence-corrected chi connectivity index (χ3v) is 3.99. The van der Waals surface area contributed by atoms with Gasteiger partial charge in [-0.3, -0.25) is 0 Å². The van der Waals surface area contributed by atoms with E-state index in [2.05, 4.69) is 18.9 Å². The van der Waals surface area contributed by atoms with Gasteiger partial charge in [-0.05, 0) is 29.2 Å². The number of esters is 1. The highest BCUT2D eigenvalue weighted by atomic mass is 17.2. The molecule has 0 spiro atoms. The zero-order valence-corrected chi connectivity index (χ0v) is 15.9. The van der Waals surface area contributed by atoms with Gasteiger partial charge in [0.05, 0.1) is 5.56 Å². The van der Waals surface area contributed by atoms with Crippen molar-refractivity contribution in [2.24, 2.45) is 0 Å². The summed E-state index contributed by atoms with van der Waals surface area (Å²) in [5, 5.41) is 9.86. The molecule has 1 atom stereocenters. The second kappa shape index (κ2) is 10.9. The Morgan fingerprint density at radius 1 is 1.14 bits per heavy atom. The van der Waals surface area contributed by atoms with Crippen LogP contribution in [0.25, 0.3) is 6.08 Å². The molecule has 0 heterocycles. The van der Waals surface area contributed by atoms with Gasteiger partial charge in [-0.25, -0.2) is 4.79 Å². The molecule has 0 fully saturated rings. The lowest BCUT2D eigenvalue weighted by atomic mass is 9.96. The molecule has 0 aliphatic heterocycles. The summed E-state index contributed by atoms with van der Waals surface area (Å²) in [5.41, 5.74) is 5.86. The maximum Gasteiger partial charge on any atom is 0.338 e. The molecule has 28 heavy (non-hydrogen) atoms. The predicted molar refractivity (Wildman–Crippen MR) is 107 cm³/mol. The number of benzene rings is 2. The number of carbonyl (C=O) groups excluding carboxylic acids is 1. The summed E-state index contributed by atoms with van der Waals surface area (Å²) in [6, 6.07) is 15.1. The Balaban J connectivity index is 1.98. The fraction of sp³-hybridized carbons (Fsp3) is 0.217. The Labute approximate surface area is 165 Å². The van der Waals surface area contributed by atoms with E-state index in [1.807, 2.05) is 36.4 Å². The summed E-state index contributed by atoms with van der Waals surface area (Å²) in [5.74, 6) is -0.160. The number of rotatable bonds is 10. The van der Waals surface area contributed by atoms with Crippen LogP contribution in [0.4, 0.5) is 0 Å². The molecule has 0 radical (unpaired) electrons. The highest BCUT2D eigenvalue weighted by Crippen LogP contribution is 2.19. The van der Waals surface area contributed by atoms with Crippen molar-refractivity contribution < 1.29 is 24.4 Å². The minimum absolute atomic E-state index is 0.152. The van der Waals surface area contributed by atoms with Crippen LogP contribution >= 0.6 is 0 Å². The number of aliphatic hydroxyl groups is 1. The lowest BCUT2D eigenvalue weighted by Gasteiger charge is -2.13. The Kier molecular flexibility index (Phi) is 8.25. The highest BCUT2D eigenvalue weighted by Gasteiger charge is 2.16. The second-order valence-electron chi connectivity index (χ2n) is 6.09. The van der Waals surface area contributed by atoms with Crippen LogP contribution in [-0.2, 0) is 20.9 Å². The summed E-state index contributed by atoms with van der Waals surface area (Å²) >= 11 is 0. The molecule has 0 aliphatic carbocycles. The van der Waals surface area contributed by atoms with E-state index in [4.69, 9.17) is 14.5 Å². The van der Waals surface area contributed by atoms with Crippen molar-refractivity contribution in [3.8, 4) is 0 Å². The average molecular weight is 380 g/mol. The molecule has 0 saturated carbocycles. The number of hydrogen-bond donors (Lipinski definition) is 1. The summed E-state index contributed by atoms with van der Waals surface area (Å²) in [4.78, 5) is 22.1. The Hall–Kier alpha value is -3.11.